The van der Waals surface area contributed by atoms with Gasteiger partial charge < -0.3 is 33.8 Å². The number of ether oxygens (including phenoxy) is 4. The second-order valence-electron chi connectivity index (χ2n) is 26.1. The second kappa shape index (κ2) is 65.8. The second-order valence-corrected chi connectivity index (χ2v) is 29.0. The monoisotopic (exact) mass is 1350 g/mol. The highest BCUT2D eigenvalue weighted by molar-refractivity contribution is 7.47. The highest BCUT2D eigenvalue weighted by atomic mass is 31.2. The van der Waals surface area contributed by atoms with Crippen LogP contribution in [0, 0.1) is 5.92 Å². The van der Waals surface area contributed by atoms with Gasteiger partial charge in [0.2, 0.25) is 0 Å². The van der Waals surface area contributed by atoms with Crippen molar-refractivity contribution in [1.29, 1.82) is 0 Å². The number of phosphoric acid groups is 2. The fourth-order valence-corrected chi connectivity index (χ4v) is 12.2. The van der Waals surface area contributed by atoms with Gasteiger partial charge >= 0.3 is 39.5 Å². The highest BCUT2D eigenvalue weighted by Gasteiger charge is 2.30. The summed E-state index contributed by atoms with van der Waals surface area (Å²) >= 11 is 0. The number of allylic oxidation sites excluding steroid dienone is 4. The number of hydrogen-bond donors (Lipinski definition) is 3. The molecule has 0 aromatic heterocycles. The van der Waals surface area contributed by atoms with Gasteiger partial charge in [0.25, 0.3) is 0 Å². The van der Waals surface area contributed by atoms with Crippen LogP contribution in [0.15, 0.2) is 24.3 Å². The molecule has 0 amide bonds. The molecule has 0 rings (SSSR count). The molecule has 0 bridgehead atoms. The number of rotatable bonds is 71. The van der Waals surface area contributed by atoms with E-state index in [0.29, 0.717) is 31.6 Å². The molecule has 0 fully saturated rings. The van der Waals surface area contributed by atoms with Crippen LogP contribution in [0.2, 0.25) is 0 Å². The maximum atomic E-state index is 13.0. The molecule has 2 unspecified atom stereocenters. The summed E-state index contributed by atoms with van der Waals surface area (Å²) in [6.45, 7) is 7.15. The summed E-state index contributed by atoms with van der Waals surface area (Å²) in [5.74, 6) is -1.44. The van der Waals surface area contributed by atoms with Crippen LogP contribution in [0.5, 0.6) is 0 Å². The van der Waals surface area contributed by atoms with Crippen molar-refractivity contribution in [2.45, 2.75) is 374 Å². The van der Waals surface area contributed by atoms with Gasteiger partial charge in [-0.25, -0.2) is 9.13 Å². The molecule has 0 aliphatic heterocycles. The summed E-state index contributed by atoms with van der Waals surface area (Å²) in [6.07, 6.45) is 56.2. The molecule has 0 radical (unpaired) electrons. The van der Waals surface area contributed by atoms with Gasteiger partial charge in [0.15, 0.2) is 12.2 Å². The van der Waals surface area contributed by atoms with Crippen molar-refractivity contribution < 1.29 is 80.2 Å². The van der Waals surface area contributed by atoms with E-state index < -0.39 is 97.5 Å². The van der Waals surface area contributed by atoms with Crippen LogP contribution in [0.4, 0.5) is 0 Å². The SMILES string of the molecule is CCCCCC/C=C\C=C/CCCCCCCC(=O)O[C@H](COC(=O)CCCCCCCCCCCCCCCC)COP(=O)(O)OC[C@@H](O)COP(=O)(O)OC[C@@H](COC(=O)CCCCCCCCCC(C)C)OC(=O)CCCCCCCCCCCCCCC. The first-order valence-electron chi connectivity index (χ1n) is 37.5. The fraction of sp³-hybridized carbons (Fsp3) is 0.890. The van der Waals surface area contributed by atoms with Gasteiger partial charge in [-0.3, -0.25) is 37.3 Å². The van der Waals surface area contributed by atoms with Gasteiger partial charge in [-0.1, -0.05) is 303 Å². The van der Waals surface area contributed by atoms with Crippen LogP contribution in [-0.4, -0.2) is 96.7 Å². The van der Waals surface area contributed by atoms with E-state index in [1.54, 1.807) is 0 Å². The molecule has 0 aromatic rings. The van der Waals surface area contributed by atoms with Crippen molar-refractivity contribution in [3.63, 3.8) is 0 Å². The minimum Gasteiger partial charge on any atom is -0.462 e. The molecule has 5 atom stereocenters. The lowest BCUT2D eigenvalue weighted by Gasteiger charge is -2.21. The molecular weight excluding hydrogens is 1210 g/mol. The van der Waals surface area contributed by atoms with Crippen LogP contribution in [-0.2, 0) is 65.4 Å². The Kier molecular flexibility index (Phi) is 64.0. The number of aliphatic hydroxyl groups excluding tert-OH is 1. The van der Waals surface area contributed by atoms with Gasteiger partial charge in [-0.15, -0.1) is 0 Å². The Balaban J connectivity index is 5.29. The third kappa shape index (κ3) is 66.2. The van der Waals surface area contributed by atoms with E-state index in [1.165, 1.54) is 161 Å². The number of hydrogen-bond acceptors (Lipinski definition) is 15. The van der Waals surface area contributed by atoms with Crippen molar-refractivity contribution >= 4 is 39.5 Å². The molecule has 17 nitrogen and oxygen atoms in total. The molecule has 0 aromatic carbocycles. The van der Waals surface area contributed by atoms with E-state index in [-0.39, 0.29) is 25.7 Å². The lowest BCUT2D eigenvalue weighted by molar-refractivity contribution is -0.161. The van der Waals surface area contributed by atoms with Gasteiger partial charge in [0.05, 0.1) is 26.4 Å². The maximum absolute atomic E-state index is 13.0. The van der Waals surface area contributed by atoms with Gasteiger partial charge in [0, 0.05) is 25.7 Å². The summed E-state index contributed by atoms with van der Waals surface area (Å²) in [7, 11) is -9.92. The molecule has 0 aliphatic rings. The summed E-state index contributed by atoms with van der Waals surface area (Å²) in [4.78, 5) is 72.6. The molecule has 3 N–H and O–H groups in total. The fourth-order valence-electron chi connectivity index (χ4n) is 10.6. The quantitative estimate of drug-likeness (QED) is 0.0169. The number of aliphatic hydroxyl groups is 1. The van der Waals surface area contributed by atoms with Crippen LogP contribution in [0.1, 0.15) is 356 Å². The standard InChI is InChI=1S/C73H138O17P2/c1-6-9-12-15-18-21-24-27-29-32-35-38-43-49-54-59-73(78)89-68(62-83-70(75)56-51-46-41-36-33-31-28-25-22-19-16-13-10-7-2)64-87-91(79,80)85-60-67(74)61-86-92(81,82)88-65-69(63-84-71(76)57-52-47-44-39-40-45-50-55-66(4)5)90-72(77)58-53-48-42-37-34-30-26-23-20-17-14-11-8-3/h21,24,27,29,66-69,74H,6-20,22-23,25-26,28,30-65H2,1-5H3,(H,79,80)(H,81,82)/b24-21-,29-27-/t67-,68-,69-/m1/s1. The number of carbonyl (C=O) groups excluding carboxylic acids is 4. The molecule has 0 aliphatic carbocycles. The lowest BCUT2D eigenvalue weighted by atomic mass is 10.0. The Bertz CT molecular complexity index is 1860. The molecule has 0 spiro atoms. The van der Waals surface area contributed by atoms with Crippen molar-refractivity contribution in [2.75, 3.05) is 39.6 Å². The van der Waals surface area contributed by atoms with Crippen molar-refractivity contribution in [3.8, 4) is 0 Å². The molecule has 19 heteroatoms. The van der Waals surface area contributed by atoms with Gasteiger partial charge in [-0.05, 0) is 57.3 Å². The van der Waals surface area contributed by atoms with E-state index in [9.17, 15) is 43.2 Å². The van der Waals surface area contributed by atoms with E-state index >= 15 is 0 Å². The number of esters is 4. The molecule has 0 heterocycles. The van der Waals surface area contributed by atoms with Crippen molar-refractivity contribution in [1.82, 2.24) is 0 Å². The minimum atomic E-state index is -4.96. The third-order valence-corrected chi connectivity index (χ3v) is 18.3. The first-order valence-corrected chi connectivity index (χ1v) is 40.4. The smallest absolute Gasteiger partial charge is 0.462 e. The third-order valence-electron chi connectivity index (χ3n) is 16.4. The number of unbranched alkanes of at least 4 members (excludes halogenated alkanes) is 40. The summed E-state index contributed by atoms with van der Waals surface area (Å²) < 4.78 is 68.4. The predicted molar refractivity (Wildman–Crippen MR) is 372 cm³/mol. The summed E-state index contributed by atoms with van der Waals surface area (Å²) in [6, 6.07) is 0. The Morgan fingerprint density at radius 1 is 0.337 bits per heavy atom. The first kappa shape index (κ1) is 89.5. The zero-order chi connectivity index (χ0) is 67.7. The number of carbonyl (C=O) groups is 4. The van der Waals surface area contributed by atoms with Gasteiger partial charge in [0.1, 0.15) is 19.3 Å². The Hall–Kier alpha value is -2.46. The highest BCUT2D eigenvalue weighted by Crippen LogP contribution is 2.45. The Morgan fingerprint density at radius 3 is 0.891 bits per heavy atom. The van der Waals surface area contributed by atoms with Crippen LogP contribution < -0.4 is 0 Å². The zero-order valence-electron chi connectivity index (χ0n) is 59.2. The largest absolute Gasteiger partial charge is 0.472 e. The van der Waals surface area contributed by atoms with Crippen LogP contribution in [0.3, 0.4) is 0 Å². The number of phosphoric ester groups is 2. The van der Waals surface area contributed by atoms with E-state index in [0.717, 1.165) is 109 Å². The van der Waals surface area contributed by atoms with E-state index in [4.69, 9.17) is 37.0 Å². The van der Waals surface area contributed by atoms with Gasteiger partial charge in [-0.2, -0.15) is 0 Å². The van der Waals surface area contributed by atoms with E-state index in [2.05, 4.69) is 58.9 Å². The van der Waals surface area contributed by atoms with E-state index in [1.807, 2.05) is 0 Å². The van der Waals surface area contributed by atoms with Crippen molar-refractivity contribution in [2.24, 2.45) is 5.92 Å². The molecule has 0 saturated heterocycles. The summed E-state index contributed by atoms with van der Waals surface area (Å²) in [5, 5.41) is 10.6. The maximum Gasteiger partial charge on any atom is 0.472 e. The van der Waals surface area contributed by atoms with Crippen LogP contribution in [0.25, 0.3) is 0 Å². The molecule has 542 valence electrons. The Morgan fingerprint density at radius 2 is 0.587 bits per heavy atom. The summed E-state index contributed by atoms with van der Waals surface area (Å²) in [5.41, 5.74) is 0. The average molecular weight is 1350 g/mol. The Labute approximate surface area is 561 Å². The normalized spacial score (nSPS) is 14.2. The molecule has 0 saturated carbocycles. The molecule has 92 heavy (non-hydrogen) atoms. The van der Waals surface area contributed by atoms with Crippen LogP contribution >= 0.6 is 15.6 Å². The molecular formula is C73H138O17P2. The van der Waals surface area contributed by atoms with Crippen molar-refractivity contribution in [3.05, 3.63) is 24.3 Å². The minimum absolute atomic E-state index is 0.0855. The zero-order valence-corrected chi connectivity index (χ0v) is 61.0. The lowest BCUT2D eigenvalue weighted by Crippen LogP contribution is -2.30. The first-order chi connectivity index (χ1) is 44.5. The topological polar surface area (TPSA) is 237 Å². The average Bonchev–Trinajstić information content (AvgIpc) is 1.56. The predicted octanol–water partition coefficient (Wildman–Crippen LogP) is 20.9.